The standard InChI is InChI=1S/C16H26O2/c17-15-8-5-13(6-9-15)16-10-7-14(11-18-16)12-3-1-2-4-12/h12-14,16H,1-11H2. The third-order valence-corrected chi connectivity index (χ3v) is 5.53. The zero-order valence-electron chi connectivity index (χ0n) is 11.4. The first-order chi connectivity index (χ1) is 8.83. The van der Waals surface area contributed by atoms with Gasteiger partial charge in [0.15, 0.2) is 0 Å². The highest BCUT2D eigenvalue weighted by atomic mass is 16.5. The number of carbonyl (C=O) groups is 1. The lowest BCUT2D eigenvalue weighted by atomic mass is 9.78. The largest absolute Gasteiger partial charge is 0.378 e. The van der Waals surface area contributed by atoms with Crippen LogP contribution in [-0.2, 0) is 9.53 Å². The van der Waals surface area contributed by atoms with Crippen molar-refractivity contribution in [1.29, 1.82) is 0 Å². The number of hydrogen-bond donors (Lipinski definition) is 0. The zero-order valence-corrected chi connectivity index (χ0v) is 11.4. The van der Waals surface area contributed by atoms with Crippen molar-refractivity contribution >= 4 is 5.78 Å². The van der Waals surface area contributed by atoms with E-state index in [0.717, 1.165) is 44.1 Å². The molecule has 0 aromatic rings. The van der Waals surface area contributed by atoms with E-state index in [-0.39, 0.29) is 0 Å². The third-order valence-electron chi connectivity index (χ3n) is 5.53. The van der Waals surface area contributed by atoms with Crippen molar-refractivity contribution < 1.29 is 9.53 Å². The van der Waals surface area contributed by atoms with Gasteiger partial charge in [-0.3, -0.25) is 4.79 Å². The molecule has 2 aliphatic carbocycles. The second-order valence-corrected chi connectivity index (χ2v) is 6.63. The lowest BCUT2D eigenvalue weighted by Crippen LogP contribution is -2.36. The summed E-state index contributed by atoms with van der Waals surface area (Å²) >= 11 is 0. The molecule has 3 fully saturated rings. The summed E-state index contributed by atoms with van der Waals surface area (Å²) in [5.74, 6) is 2.94. The van der Waals surface area contributed by atoms with Crippen molar-refractivity contribution in [2.75, 3.05) is 6.61 Å². The van der Waals surface area contributed by atoms with Crippen LogP contribution in [0.3, 0.4) is 0 Å². The van der Waals surface area contributed by atoms with E-state index in [1.165, 1.54) is 38.5 Å². The molecule has 1 saturated heterocycles. The lowest BCUT2D eigenvalue weighted by molar-refractivity contribution is -0.123. The van der Waals surface area contributed by atoms with Crippen molar-refractivity contribution in [3.05, 3.63) is 0 Å². The Morgan fingerprint density at radius 3 is 2.11 bits per heavy atom. The van der Waals surface area contributed by atoms with Gasteiger partial charge < -0.3 is 4.74 Å². The Balaban J connectivity index is 1.46. The summed E-state index contributed by atoms with van der Waals surface area (Å²) in [7, 11) is 0. The number of rotatable bonds is 2. The second kappa shape index (κ2) is 5.73. The monoisotopic (exact) mass is 250 g/mol. The smallest absolute Gasteiger partial charge is 0.132 e. The molecule has 1 heterocycles. The zero-order chi connectivity index (χ0) is 12.4. The van der Waals surface area contributed by atoms with Crippen LogP contribution in [0.1, 0.15) is 64.2 Å². The van der Waals surface area contributed by atoms with Crippen LogP contribution < -0.4 is 0 Å². The molecule has 2 saturated carbocycles. The molecule has 0 radical (unpaired) electrons. The molecule has 18 heavy (non-hydrogen) atoms. The Hall–Kier alpha value is -0.370. The Kier molecular flexibility index (Phi) is 4.03. The highest BCUT2D eigenvalue weighted by Crippen LogP contribution is 2.39. The van der Waals surface area contributed by atoms with Crippen LogP contribution in [0.4, 0.5) is 0 Å². The molecular weight excluding hydrogens is 224 g/mol. The fourth-order valence-electron chi connectivity index (χ4n) is 4.30. The van der Waals surface area contributed by atoms with Crippen LogP contribution >= 0.6 is 0 Å². The Morgan fingerprint density at radius 2 is 1.50 bits per heavy atom. The van der Waals surface area contributed by atoms with Crippen LogP contribution in [0.5, 0.6) is 0 Å². The predicted octanol–water partition coefficient (Wildman–Crippen LogP) is 3.73. The van der Waals surface area contributed by atoms with Gasteiger partial charge in [0.25, 0.3) is 0 Å². The Morgan fingerprint density at radius 1 is 0.778 bits per heavy atom. The average Bonchev–Trinajstić information content (AvgIpc) is 2.94. The van der Waals surface area contributed by atoms with Crippen LogP contribution in [0.15, 0.2) is 0 Å². The quantitative estimate of drug-likeness (QED) is 0.746. The highest BCUT2D eigenvalue weighted by Gasteiger charge is 2.34. The Labute approximate surface area is 110 Å². The molecule has 2 nitrogen and oxygen atoms in total. The number of ketones is 1. The normalized spacial score (nSPS) is 36.1. The van der Waals surface area contributed by atoms with Crippen molar-refractivity contribution in [3.63, 3.8) is 0 Å². The van der Waals surface area contributed by atoms with E-state index in [2.05, 4.69) is 0 Å². The summed E-state index contributed by atoms with van der Waals surface area (Å²) < 4.78 is 6.17. The van der Waals surface area contributed by atoms with E-state index in [4.69, 9.17) is 4.74 Å². The molecule has 0 spiro atoms. The minimum atomic E-state index is 0.464. The van der Waals surface area contributed by atoms with E-state index in [0.29, 0.717) is 17.8 Å². The van der Waals surface area contributed by atoms with Gasteiger partial charge in [0.2, 0.25) is 0 Å². The molecule has 2 unspecified atom stereocenters. The lowest BCUT2D eigenvalue weighted by Gasteiger charge is -2.37. The fourth-order valence-corrected chi connectivity index (χ4v) is 4.30. The van der Waals surface area contributed by atoms with Gasteiger partial charge in [0, 0.05) is 12.8 Å². The van der Waals surface area contributed by atoms with E-state index in [9.17, 15) is 4.79 Å². The van der Waals surface area contributed by atoms with Crippen LogP contribution in [0, 0.1) is 17.8 Å². The number of hydrogen-bond acceptors (Lipinski definition) is 2. The summed E-state index contributed by atoms with van der Waals surface area (Å²) in [6.45, 7) is 1.000. The molecule has 0 bridgehead atoms. The maximum absolute atomic E-state index is 11.3. The van der Waals surface area contributed by atoms with Gasteiger partial charge in [-0.25, -0.2) is 0 Å². The second-order valence-electron chi connectivity index (χ2n) is 6.63. The van der Waals surface area contributed by atoms with Gasteiger partial charge >= 0.3 is 0 Å². The first-order valence-electron chi connectivity index (χ1n) is 7.96. The van der Waals surface area contributed by atoms with Crippen LogP contribution in [0.25, 0.3) is 0 Å². The minimum absolute atomic E-state index is 0.464. The molecule has 0 amide bonds. The van der Waals surface area contributed by atoms with Gasteiger partial charge in [-0.15, -0.1) is 0 Å². The van der Waals surface area contributed by atoms with Crippen molar-refractivity contribution in [3.8, 4) is 0 Å². The molecular formula is C16H26O2. The Bertz CT molecular complexity index is 275. The van der Waals surface area contributed by atoms with Gasteiger partial charge in [-0.2, -0.15) is 0 Å². The predicted molar refractivity (Wildman–Crippen MR) is 71.4 cm³/mol. The third kappa shape index (κ3) is 2.79. The molecule has 3 aliphatic rings. The average molecular weight is 250 g/mol. The number of ether oxygens (including phenoxy) is 1. The SMILES string of the molecule is O=C1CCC(C2CCC(C3CCCC3)CO2)CC1. The topological polar surface area (TPSA) is 26.3 Å². The summed E-state index contributed by atoms with van der Waals surface area (Å²) in [4.78, 5) is 11.3. The molecule has 102 valence electrons. The summed E-state index contributed by atoms with van der Waals surface area (Å²) in [6.07, 6.45) is 12.6. The van der Waals surface area contributed by atoms with E-state index >= 15 is 0 Å². The maximum Gasteiger partial charge on any atom is 0.132 e. The summed E-state index contributed by atoms with van der Waals surface area (Å²) in [6, 6.07) is 0. The van der Waals surface area contributed by atoms with Gasteiger partial charge in [0.1, 0.15) is 5.78 Å². The molecule has 2 atom stereocenters. The molecule has 2 heteroatoms. The molecule has 0 aromatic carbocycles. The molecule has 3 rings (SSSR count). The van der Waals surface area contributed by atoms with Crippen molar-refractivity contribution in [2.45, 2.75) is 70.3 Å². The summed E-state index contributed by atoms with van der Waals surface area (Å²) in [5.41, 5.74) is 0. The maximum atomic E-state index is 11.3. The van der Waals surface area contributed by atoms with Gasteiger partial charge in [-0.05, 0) is 43.4 Å². The van der Waals surface area contributed by atoms with Crippen molar-refractivity contribution in [2.24, 2.45) is 17.8 Å². The van der Waals surface area contributed by atoms with Crippen LogP contribution in [-0.4, -0.2) is 18.5 Å². The molecule has 0 aromatic heterocycles. The highest BCUT2D eigenvalue weighted by molar-refractivity contribution is 5.79. The van der Waals surface area contributed by atoms with Crippen LogP contribution in [0.2, 0.25) is 0 Å². The number of carbonyl (C=O) groups excluding carboxylic acids is 1. The van der Waals surface area contributed by atoms with Gasteiger partial charge in [0.05, 0.1) is 12.7 Å². The van der Waals surface area contributed by atoms with E-state index < -0.39 is 0 Å². The van der Waals surface area contributed by atoms with E-state index in [1.54, 1.807) is 0 Å². The first-order valence-corrected chi connectivity index (χ1v) is 7.96. The first kappa shape index (κ1) is 12.7. The summed E-state index contributed by atoms with van der Waals surface area (Å²) in [5, 5.41) is 0. The van der Waals surface area contributed by atoms with Crippen molar-refractivity contribution in [1.82, 2.24) is 0 Å². The number of Topliss-reactive ketones (excluding diaryl/α,β-unsaturated/α-hetero) is 1. The molecule has 1 aliphatic heterocycles. The minimum Gasteiger partial charge on any atom is -0.378 e. The fraction of sp³-hybridized carbons (Fsp3) is 0.938. The van der Waals surface area contributed by atoms with E-state index in [1.807, 2.05) is 0 Å². The van der Waals surface area contributed by atoms with Gasteiger partial charge in [-0.1, -0.05) is 25.7 Å². The molecule has 0 N–H and O–H groups in total.